The van der Waals surface area contributed by atoms with E-state index in [-0.39, 0.29) is 12.9 Å². The number of rotatable bonds is 1. The Hall–Kier alpha value is -0.540. The summed E-state index contributed by atoms with van der Waals surface area (Å²) in [6, 6.07) is 0. The molecule has 0 bridgehead atoms. The highest BCUT2D eigenvalue weighted by Gasteiger charge is 2.53. The molecule has 0 radical (unpaired) electrons. The highest BCUT2D eigenvalue weighted by atomic mass is 16.7. The Kier molecular flexibility index (Phi) is 1.86. The zero-order valence-corrected chi connectivity index (χ0v) is 8.35. The van der Waals surface area contributed by atoms with Gasteiger partial charge in [0, 0.05) is 5.92 Å². The average molecular weight is 196 g/mol. The first kappa shape index (κ1) is 8.74. The standard InChI is InChI=1S/C11H16O3/c1-6-8-2-3-9-7(4-12)5-13-11(14-6)10(8)9/h5-6,8-12H,2-4H2,1H3. The van der Waals surface area contributed by atoms with Crippen molar-refractivity contribution < 1.29 is 14.6 Å². The topological polar surface area (TPSA) is 38.7 Å². The van der Waals surface area contributed by atoms with Gasteiger partial charge in [-0.15, -0.1) is 0 Å². The highest BCUT2D eigenvalue weighted by Crippen LogP contribution is 2.52. The molecule has 1 saturated carbocycles. The van der Waals surface area contributed by atoms with Crippen LogP contribution in [0.2, 0.25) is 0 Å². The van der Waals surface area contributed by atoms with Crippen molar-refractivity contribution in [2.45, 2.75) is 32.2 Å². The minimum atomic E-state index is -0.0437. The summed E-state index contributed by atoms with van der Waals surface area (Å²) in [4.78, 5) is 0. The molecule has 5 unspecified atom stereocenters. The van der Waals surface area contributed by atoms with E-state index in [2.05, 4.69) is 6.92 Å². The fraction of sp³-hybridized carbons (Fsp3) is 0.818. The van der Waals surface area contributed by atoms with Crippen molar-refractivity contribution in [2.75, 3.05) is 6.61 Å². The Morgan fingerprint density at radius 1 is 1.50 bits per heavy atom. The lowest BCUT2D eigenvalue weighted by atomic mass is 9.83. The Morgan fingerprint density at radius 2 is 2.36 bits per heavy atom. The van der Waals surface area contributed by atoms with Gasteiger partial charge in [0.1, 0.15) is 0 Å². The molecule has 1 aliphatic carbocycles. The van der Waals surface area contributed by atoms with Gasteiger partial charge in [-0.3, -0.25) is 0 Å². The molecule has 2 fully saturated rings. The van der Waals surface area contributed by atoms with Crippen LogP contribution in [0.15, 0.2) is 11.8 Å². The summed E-state index contributed by atoms with van der Waals surface area (Å²) in [5, 5.41) is 9.21. The SMILES string of the molecule is CC1OC2OC=C(CO)C3CCC1C23. The summed E-state index contributed by atoms with van der Waals surface area (Å²) in [7, 11) is 0. The second-order valence-corrected chi connectivity index (χ2v) is 4.62. The molecule has 1 N–H and O–H groups in total. The van der Waals surface area contributed by atoms with Gasteiger partial charge in [0.25, 0.3) is 0 Å². The second kappa shape index (κ2) is 2.97. The largest absolute Gasteiger partial charge is 0.472 e. The van der Waals surface area contributed by atoms with Crippen molar-refractivity contribution >= 4 is 0 Å². The number of aliphatic hydroxyl groups is 1. The van der Waals surface area contributed by atoms with Crippen molar-refractivity contribution in [3.8, 4) is 0 Å². The lowest BCUT2D eigenvalue weighted by Gasteiger charge is -2.29. The Labute approximate surface area is 83.7 Å². The molecule has 78 valence electrons. The van der Waals surface area contributed by atoms with Gasteiger partial charge in [0.15, 0.2) is 0 Å². The minimum absolute atomic E-state index is 0.0437. The van der Waals surface area contributed by atoms with Crippen LogP contribution in [0.25, 0.3) is 0 Å². The first-order chi connectivity index (χ1) is 6.81. The van der Waals surface area contributed by atoms with Crippen molar-refractivity contribution in [1.82, 2.24) is 0 Å². The zero-order chi connectivity index (χ0) is 9.71. The van der Waals surface area contributed by atoms with E-state index < -0.39 is 0 Å². The predicted octanol–water partition coefficient (Wildman–Crippen LogP) is 1.28. The monoisotopic (exact) mass is 196 g/mol. The molecule has 3 rings (SSSR count). The van der Waals surface area contributed by atoms with Crippen molar-refractivity contribution in [3.05, 3.63) is 11.8 Å². The molecule has 5 atom stereocenters. The van der Waals surface area contributed by atoms with E-state index >= 15 is 0 Å². The molecular weight excluding hydrogens is 180 g/mol. The molecule has 0 aromatic carbocycles. The number of hydrogen-bond acceptors (Lipinski definition) is 3. The Balaban J connectivity index is 1.92. The number of aliphatic hydroxyl groups excluding tert-OH is 1. The molecule has 3 aliphatic rings. The highest BCUT2D eigenvalue weighted by molar-refractivity contribution is 5.15. The van der Waals surface area contributed by atoms with Crippen LogP contribution < -0.4 is 0 Å². The van der Waals surface area contributed by atoms with Crippen LogP contribution in [0, 0.1) is 17.8 Å². The maximum atomic E-state index is 9.21. The van der Waals surface area contributed by atoms with Crippen LogP contribution in [0.1, 0.15) is 19.8 Å². The lowest BCUT2D eigenvalue weighted by Crippen LogP contribution is -2.30. The molecular formula is C11H16O3. The molecule has 0 spiro atoms. The quantitative estimate of drug-likeness (QED) is 0.686. The van der Waals surface area contributed by atoms with Gasteiger partial charge >= 0.3 is 0 Å². The maximum absolute atomic E-state index is 9.21. The molecule has 3 heteroatoms. The summed E-state index contributed by atoms with van der Waals surface area (Å²) in [6.07, 6.45) is 4.40. The van der Waals surface area contributed by atoms with Crippen LogP contribution in [0.4, 0.5) is 0 Å². The van der Waals surface area contributed by atoms with E-state index in [0.29, 0.717) is 23.9 Å². The first-order valence-electron chi connectivity index (χ1n) is 5.42. The van der Waals surface area contributed by atoms with E-state index in [0.717, 1.165) is 5.57 Å². The molecule has 0 aromatic rings. The fourth-order valence-electron chi connectivity index (χ4n) is 3.35. The molecule has 3 nitrogen and oxygen atoms in total. The van der Waals surface area contributed by atoms with E-state index in [1.54, 1.807) is 6.26 Å². The van der Waals surface area contributed by atoms with Gasteiger partial charge in [0.05, 0.1) is 19.0 Å². The summed E-state index contributed by atoms with van der Waals surface area (Å²) in [6.45, 7) is 2.27. The third kappa shape index (κ3) is 0.997. The van der Waals surface area contributed by atoms with Gasteiger partial charge in [0.2, 0.25) is 6.29 Å². The molecule has 0 amide bonds. The van der Waals surface area contributed by atoms with Gasteiger partial charge in [-0.25, -0.2) is 0 Å². The van der Waals surface area contributed by atoms with Crippen molar-refractivity contribution in [2.24, 2.45) is 17.8 Å². The van der Waals surface area contributed by atoms with Gasteiger partial charge in [-0.2, -0.15) is 0 Å². The summed E-state index contributed by atoms with van der Waals surface area (Å²) in [5.41, 5.74) is 1.06. The van der Waals surface area contributed by atoms with E-state index in [1.165, 1.54) is 12.8 Å². The maximum Gasteiger partial charge on any atom is 0.202 e. The van der Waals surface area contributed by atoms with Crippen LogP contribution in [0.5, 0.6) is 0 Å². The van der Waals surface area contributed by atoms with Crippen LogP contribution in [-0.2, 0) is 9.47 Å². The third-order valence-electron chi connectivity index (χ3n) is 4.05. The zero-order valence-electron chi connectivity index (χ0n) is 8.35. The van der Waals surface area contributed by atoms with Gasteiger partial charge in [-0.05, 0) is 37.2 Å². The smallest absolute Gasteiger partial charge is 0.202 e. The Bertz CT molecular complexity index is 274. The normalized spacial score (nSPS) is 49.9. The van der Waals surface area contributed by atoms with Gasteiger partial charge in [-0.1, -0.05) is 0 Å². The van der Waals surface area contributed by atoms with Crippen LogP contribution in [-0.4, -0.2) is 24.1 Å². The summed E-state index contributed by atoms with van der Waals surface area (Å²) >= 11 is 0. The van der Waals surface area contributed by atoms with Crippen molar-refractivity contribution in [3.63, 3.8) is 0 Å². The van der Waals surface area contributed by atoms with E-state index in [4.69, 9.17) is 9.47 Å². The molecule has 2 aliphatic heterocycles. The van der Waals surface area contributed by atoms with Crippen LogP contribution in [0.3, 0.4) is 0 Å². The van der Waals surface area contributed by atoms with Gasteiger partial charge < -0.3 is 14.6 Å². The summed E-state index contributed by atoms with van der Waals surface area (Å²) in [5.74, 6) is 1.64. The number of hydrogen-bond donors (Lipinski definition) is 1. The average Bonchev–Trinajstić information content (AvgIpc) is 2.74. The van der Waals surface area contributed by atoms with E-state index in [1.807, 2.05) is 0 Å². The van der Waals surface area contributed by atoms with Crippen LogP contribution >= 0.6 is 0 Å². The lowest BCUT2D eigenvalue weighted by molar-refractivity contribution is -0.127. The molecule has 14 heavy (non-hydrogen) atoms. The molecule has 0 aromatic heterocycles. The predicted molar refractivity (Wildman–Crippen MR) is 50.3 cm³/mol. The molecule has 1 saturated heterocycles. The van der Waals surface area contributed by atoms with E-state index in [9.17, 15) is 5.11 Å². The summed E-state index contributed by atoms with van der Waals surface area (Å²) < 4.78 is 11.3. The minimum Gasteiger partial charge on any atom is -0.472 e. The fourth-order valence-corrected chi connectivity index (χ4v) is 3.35. The third-order valence-corrected chi connectivity index (χ3v) is 4.05. The first-order valence-corrected chi connectivity index (χ1v) is 5.42. The van der Waals surface area contributed by atoms with Crippen molar-refractivity contribution in [1.29, 1.82) is 0 Å². The number of ether oxygens (including phenoxy) is 2. The second-order valence-electron chi connectivity index (χ2n) is 4.62. The Morgan fingerprint density at radius 3 is 3.14 bits per heavy atom. The molecule has 2 heterocycles.